The first-order valence-corrected chi connectivity index (χ1v) is 10.4. The summed E-state index contributed by atoms with van der Waals surface area (Å²) in [4.78, 5) is 12.0. The average molecular weight is 456 g/mol. The molecule has 0 saturated heterocycles. The fourth-order valence-electron chi connectivity index (χ4n) is 2.90. The Morgan fingerprint density at radius 3 is 2.45 bits per heavy atom. The second-order valence-electron chi connectivity index (χ2n) is 7.89. The normalized spacial score (nSPS) is 11.3. The number of carbonyl (C=O) groups is 1. The highest BCUT2D eigenvalue weighted by Crippen LogP contribution is 2.31. The molecule has 0 bridgehead atoms. The van der Waals surface area contributed by atoms with Crippen LogP contribution in [0.4, 0.5) is 0 Å². The summed E-state index contributed by atoms with van der Waals surface area (Å²) in [6.45, 7) is 7.24. The number of ether oxygens (including phenoxy) is 2. The number of fused-ring (bicyclic) bond motifs is 1. The summed E-state index contributed by atoms with van der Waals surface area (Å²) in [5.41, 5.74) is 1.26. The van der Waals surface area contributed by atoms with Gasteiger partial charge < -0.3 is 14.8 Å². The third-order valence-corrected chi connectivity index (χ3v) is 5.19. The van der Waals surface area contributed by atoms with E-state index in [9.17, 15) is 4.79 Å². The molecule has 0 atom stereocenters. The highest BCUT2D eigenvalue weighted by Gasteiger charge is 2.15. The first-order valence-electron chi connectivity index (χ1n) is 9.64. The van der Waals surface area contributed by atoms with Gasteiger partial charge in [0.25, 0.3) is 5.91 Å². The fourth-order valence-corrected chi connectivity index (χ4v) is 3.39. The van der Waals surface area contributed by atoms with E-state index in [1.54, 1.807) is 0 Å². The van der Waals surface area contributed by atoms with Crippen molar-refractivity contribution in [3.63, 3.8) is 0 Å². The SMILES string of the molecule is CC(C)(C)c1ccc(OCC(=O)NCCOc2ccc3ccccc3c2)c(Br)c1. The number of hydrogen-bond donors (Lipinski definition) is 1. The van der Waals surface area contributed by atoms with Crippen LogP contribution in [-0.4, -0.2) is 25.7 Å². The molecule has 0 aliphatic heterocycles. The number of rotatable bonds is 7. The van der Waals surface area contributed by atoms with E-state index in [-0.39, 0.29) is 17.9 Å². The van der Waals surface area contributed by atoms with E-state index in [0.717, 1.165) is 15.6 Å². The Hall–Kier alpha value is -2.53. The Morgan fingerprint density at radius 1 is 0.966 bits per heavy atom. The summed E-state index contributed by atoms with van der Waals surface area (Å²) >= 11 is 3.52. The summed E-state index contributed by atoms with van der Waals surface area (Å²) < 4.78 is 12.2. The van der Waals surface area contributed by atoms with E-state index in [1.807, 2.05) is 54.6 Å². The lowest BCUT2D eigenvalue weighted by molar-refractivity contribution is -0.123. The number of hydrogen-bond acceptors (Lipinski definition) is 3. The van der Waals surface area contributed by atoms with Crippen molar-refractivity contribution >= 4 is 32.6 Å². The van der Waals surface area contributed by atoms with Gasteiger partial charge in [-0.25, -0.2) is 0 Å². The van der Waals surface area contributed by atoms with Crippen LogP contribution in [0.3, 0.4) is 0 Å². The van der Waals surface area contributed by atoms with Crippen LogP contribution < -0.4 is 14.8 Å². The Kier molecular flexibility index (Phi) is 6.80. The largest absolute Gasteiger partial charge is 0.492 e. The fraction of sp³-hybridized carbons (Fsp3) is 0.292. The summed E-state index contributed by atoms with van der Waals surface area (Å²) in [6.07, 6.45) is 0. The zero-order valence-electron chi connectivity index (χ0n) is 17.0. The maximum Gasteiger partial charge on any atom is 0.258 e. The number of halogens is 1. The van der Waals surface area contributed by atoms with Gasteiger partial charge >= 0.3 is 0 Å². The highest BCUT2D eigenvalue weighted by atomic mass is 79.9. The van der Waals surface area contributed by atoms with Crippen LogP contribution >= 0.6 is 15.9 Å². The Bertz CT molecular complexity index is 995. The lowest BCUT2D eigenvalue weighted by Crippen LogP contribution is -2.32. The molecule has 152 valence electrons. The lowest BCUT2D eigenvalue weighted by atomic mass is 9.87. The van der Waals surface area contributed by atoms with Gasteiger partial charge in [0.2, 0.25) is 0 Å². The second-order valence-corrected chi connectivity index (χ2v) is 8.75. The molecule has 0 radical (unpaired) electrons. The van der Waals surface area contributed by atoms with Crippen LogP contribution in [0.15, 0.2) is 65.1 Å². The van der Waals surface area contributed by atoms with Gasteiger partial charge in [-0.1, -0.05) is 57.2 Å². The van der Waals surface area contributed by atoms with Gasteiger partial charge in [-0.15, -0.1) is 0 Å². The molecule has 0 heterocycles. The maximum atomic E-state index is 12.0. The van der Waals surface area contributed by atoms with Crippen molar-refractivity contribution < 1.29 is 14.3 Å². The molecule has 0 aromatic heterocycles. The number of carbonyl (C=O) groups excluding carboxylic acids is 1. The van der Waals surface area contributed by atoms with E-state index in [4.69, 9.17) is 9.47 Å². The van der Waals surface area contributed by atoms with E-state index < -0.39 is 0 Å². The molecule has 3 aromatic rings. The molecule has 0 fully saturated rings. The van der Waals surface area contributed by atoms with Crippen LogP contribution in [0.1, 0.15) is 26.3 Å². The molecule has 0 saturated carbocycles. The van der Waals surface area contributed by atoms with Crippen molar-refractivity contribution in [1.29, 1.82) is 0 Å². The molecular weight excluding hydrogens is 430 g/mol. The lowest BCUT2D eigenvalue weighted by Gasteiger charge is -2.20. The van der Waals surface area contributed by atoms with Gasteiger partial charge in [0.05, 0.1) is 11.0 Å². The minimum Gasteiger partial charge on any atom is -0.492 e. The van der Waals surface area contributed by atoms with Gasteiger partial charge in [0, 0.05) is 0 Å². The zero-order valence-corrected chi connectivity index (χ0v) is 18.6. The van der Waals surface area contributed by atoms with Crippen LogP contribution in [0.2, 0.25) is 0 Å². The molecule has 1 N–H and O–H groups in total. The van der Waals surface area contributed by atoms with Crippen molar-refractivity contribution in [3.05, 3.63) is 70.7 Å². The van der Waals surface area contributed by atoms with Crippen LogP contribution in [0.25, 0.3) is 10.8 Å². The van der Waals surface area contributed by atoms with Crippen LogP contribution in [-0.2, 0) is 10.2 Å². The molecule has 0 unspecified atom stereocenters. The summed E-state index contributed by atoms with van der Waals surface area (Å²) in [5, 5.41) is 5.11. The highest BCUT2D eigenvalue weighted by molar-refractivity contribution is 9.10. The molecule has 0 spiro atoms. The minimum atomic E-state index is -0.182. The van der Waals surface area contributed by atoms with E-state index in [1.165, 1.54) is 10.9 Å². The average Bonchev–Trinajstić information content (AvgIpc) is 2.69. The van der Waals surface area contributed by atoms with Gasteiger partial charge in [0.1, 0.15) is 18.1 Å². The van der Waals surface area contributed by atoms with Gasteiger partial charge in [-0.05, 0) is 61.9 Å². The Balaban J connectivity index is 1.42. The smallest absolute Gasteiger partial charge is 0.258 e. The quantitative estimate of drug-likeness (QED) is 0.480. The first kappa shape index (κ1) is 21.2. The van der Waals surface area contributed by atoms with E-state index in [0.29, 0.717) is 18.9 Å². The molecule has 5 heteroatoms. The topological polar surface area (TPSA) is 47.6 Å². The number of nitrogens with one attached hydrogen (secondary N) is 1. The monoisotopic (exact) mass is 455 g/mol. The van der Waals surface area contributed by atoms with Gasteiger partial charge in [-0.2, -0.15) is 0 Å². The number of amides is 1. The molecule has 0 aliphatic rings. The van der Waals surface area contributed by atoms with Crippen molar-refractivity contribution in [3.8, 4) is 11.5 Å². The summed E-state index contributed by atoms with van der Waals surface area (Å²) in [5.74, 6) is 1.26. The standard InChI is InChI=1S/C24H26BrNO3/c1-24(2,3)19-9-11-22(21(25)15-19)29-16-23(27)26-12-13-28-20-10-8-17-6-4-5-7-18(17)14-20/h4-11,14-15H,12-13,16H2,1-3H3,(H,26,27). The van der Waals surface area contributed by atoms with Crippen molar-refractivity contribution in [2.24, 2.45) is 0 Å². The van der Waals surface area contributed by atoms with Crippen molar-refractivity contribution in [1.82, 2.24) is 5.32 Å². The van der Waals surface area contributed by atoms with Crippen LogP contribution in [0, 0.1) is 0 Å². The molecular formula is C24H26BrNO3. The van der Waals surface area contributed by atoms with E-state index >= 15 is 0 Å². The maximum absolute atomic E-state index is 12.0. The third-order valence-electron chi connectivity index (χ3n) is 4.57. The predicted molar refractivity (Wildman–Crippen MR) is 121 cm³/mol. The van der Waals surface area contributed by atoms with Crippen LogP contribution in [0.5, 0.6) is 11.5 Å². The molecule has 4 nitrogen and oxygen atoms in total. The van der Waals surface area contributed by atoms with Crippen molar-refractivity contribution in [2.45, 2.75) is 26.2 Å². The molecule has 29 heavy (non-hydrogen) atoms. The third kappa shape index (κ3) is 5.97. The van der Waals surface area contributed by atoms with E-state index in [2.05, 4.69) is 48.1 Å². The van der Waals surface area contributed by atoms with Crippen molar-refractivity contribution in [2.75, 3.05) is 19.8 Å². The summed E-state index contributed by atoms with van der Waals surface area (Å²) in [7, 11) is 0. The van der Waals surface area contributed by atoms with Gasteiger partial charge in [-0.3, -0.25) is 4.79 Å². The molecule has 1 amide bonds. The minimum absolute atomic E-state index is 0.0383. The zero-order chi connectivity index (χ0) is 20.9. The molecule has 0 aliphatic carbocycles. The van der Waals surface area contributed by atoms with Gasteiger partial charge in [0.15, 0.2) is 6.61 Å². The number of benzene rings is 3. The first-order chi connectivity index (χ1) is 13.8. The molecule has 3 aromatic carbocycles. The Labute approximate surface area is 180 Å². The predicted octanol–water partition coefficient (Wildman–Crippen LogP) is 5.47. The Morgan fingerprint density at radius 2 is 1.72 bits per heavy atom. The second kappa shape index (κ2) is 9.31. The summed E-state index contributed by atoms with van der Waals surface area (Å²) in [6, 6.07) is 20.0. The molecule has 3 rings (SSSR count).